The van der Waals surface area contributed by atoms with E-state index < -0.39 is 10.0 Å². The molecular weight excluding hydrogens is 344 g/mol. The second-order valence-corrected chi connectivity index (χ2v) is 8.48. The minimum atomic E-state index is -3.76. The number of ether oxygens (including phenoxy) is 2. The van der Waals surface area contributed by atoms with Gasteiger partial charge in [0.05, 0.1) is 20.3 Å². The lowest BCUT2D eigenvalue weighted by Crippen LogP contribution is -2.43. The molecule has 1 fully saturated rings. The maximum atomic E-state index is 12.9. The number of carbonyl (C=O) groups is 1. The predicted molar refractivity (Wildman–Crippen MR) is 94.4 cm³/mol. The molecule has 1 amide bonds. The summed E-state index contributed by atoms with van der Waals surface area (Å²) in [6.45, 7) is 7.08. The highest BCUT2D eigenvalue weighted by atomic mass is 32.2. The molecule has 0 atom stereocenters. The number of rotatable bonds is 6. The van der Waals surface area contributed by atoms with Gasteiger partial charge < -0.3 is 14.8 Å². The monoisotopic (exact) mass is 370 g/mol. The fourth-order valence-corrected chi connectivity index (χ4v) is 4.00. The van der Waals surface area contributed by atoms with E-state index in [1.54, 1.807) is 6.07 Å². The van der Waals surface area contributed by atoms with Gasteiger partial charge in [-0.25, -0.2) is 8.42 Å². The van der Waals surface area contributed by atoms with Gasteiger partial charge in [-0.2, -0.15) is 4.31 Å². The van der Waals surface area contributed by atoms with Crippen LogP contribution in [0.5, 0.6) is 5.75 Å². The number of hydrogen-bond donors (Lipinski definition) is 1. The molecule has 1 heterocycles. The second kappa shape index (κ2) is 7.72. The van der Waals surface area contributed by atoms with Gasteiger partial charge >= 0.3 is 0 Å². The summed E-state index contributed by atoms with van der Waals surface area (Å²) < 4.78 is 37.7. The van der Waals surface area contributed by atoms with E-state index in [2.05, 4.69) is 5.32 Å². The van der Waals surface area contributed by atoms with Gasteiger partial charge in [-0.3, -0.25) is 4.79 Å². The van der Waals surface area contributed by atoms with Gasteiger partial charge in [-0.05, 0) is 38.5 Å². The van der Waals surface area contributed by atoms with Gasteiger partial charge in [0.25, 0.3) is 5.91 Å². The lowest BCUT2D eigenvalue weighted by molar-refractivity contribution is 0.0729. The first-order valence-electron chi connectivity index (χ1n) is 8.30. The van der Waals surface area contributed by atoms with Crippen LogP contribution < -0.4 is 10.1 Å². The molecular formula is C17H26N2O5S. The SMILES string of the molecule is CCC(C)(C)NC(=O)c1ccc(OC)c(S(=O)(=O)N2CCOCC2)c1. The largest absolute Gasteiger partial charge is 0.495 e. The van der Waals surface area contributed by atoms with E-state index in [0.717, 1.165) is 6.42 Å². The van der Waals surface area contributed by atoms with Crippen LogP contribution in [0.1, 0.15) is 37.6 Å². The Morgan fingerprint density at radius 1 is 1.32 bits per heavy atom. The fraction of sp³-hybridized carbons (Fsp3) is 0.588. The van der Waals surface area contributed by atoms with Crippen molar-refractivity contribution in [2.45, 2.75) is 37.6 Å². The number of methoxy groups -OCH3 is 1. The molecule has 1 aromatic rings. The van der Waals surface area contributed by atoms with Crippen molar-refractivity contribution >= 4 is 15.9 Å². The third-order valence-corrected chi connectivity index (χ3v) is 6.27. The van der Waals surface area contributed by atoms with Gasteiger partial charge in [0.2, 0.25) is 10.0 Å². The summed E-state index contributed by atoms with van der Waals surface area (Å²) in [6.07, 6.45) is 0.758. The zero-order valence-corrected chi connectivity index (χ0v) is 16.0. The Bertz CT molecular complexity index is 725. The maximum absolute atomic E-state index is 12.9. The summed E-state index contributed by atoms with van der Waals surface area (Å²) in [6, 6.07) is 4.46. The van der Waals surface area contributed by atoms with Crippen molar-refractivity contribution in [2.75, 3.05) is 33.4 Å². The van der Waals surface area contributed by atoms with Crippen molar-refractivity contribution in [3.05, 3.63) is 23.8 Å². The van der Waals surface area contributed by atoms with Crippen LogP contribution in [0.4, 0.5) is 0 Å². The van der Waals surface area contributed by atoms with Crippen LogP contribution >= 0.6 is 0 Å². The Balaban J connectivity index is 2.38. The van der Waals surface area contributed by atoms with Crippen LogP contribution in [0.2, 0.25) is 0 Å². The van der Waals surface area contributed by atoms with E-state index in [0.29, 0.717) is 13.2 Å². The van der Waals surface area contributed by atoms with Crippen molar-refractivity contribution in [2.24, 2.45) is 0 Å². The Kier molecular flexibility index (Phi) is 6.08. The van der Waals surface area contributed by atoms with Crippen LogP contribution in [0.15, 0.2) is 23.1 Å². The smallest absolute Gasteiger partial charge is 0.251 e. The quantitative estimate of drug-likeness (QED) is 0.823. The molecule has 1 aliphatic rings. The average molecular weight is 370 g/mol. The van der Waals surface area contributed by atoms with E-state index in [1.807, 2.05) is 20.8 Å². The number of nitrogens with zero attached hydrogens (tertiary/aromatic N) is 1. The summed E-state index contributed by atoms with van der Waals surface area (Å²) in [5, 5.41) is 2.91. The normalized spacial score (nSPS) is 16.5. The molecule has 0 saturated carbocycles. The summed E-state index contributed by atoms with van der Waals surface area (Å²) in [5.74, 6) is -0.0919. The minimum Gasteiger partial charge on any atom is -0.495 e. The van der Waals surface area contributed by atoms with Crippen molar-refractivity contribution in [3.8, 4) is 5.75 Å². The van der Waals surface area contributed by atoms with E-state index in [9.17, 15) is 13.2 Å². The first kappa shape index (κ1) is 19.7. The standard InChI is InChI=1S/C17H26N2O5S/c1-5-17(2,3)18-16(20)13-6-7-14(23-4)15(12-13)25(21,22)19-8-10-24-11-9-19/h6-7,12H,5,8-11H2,1-4H3,(H,18,20). The first-order valence-corrected chi connectivity index (χ1v) is 9.74. The molecule has 0 radical (unpaired) electrons. The molecule has 7 nitrogen and oxygen atoms in total. The summed E-state index contributed by atoms with van der Waals surface area (Å²) in [4.78, 5) is 12.5. The van der Waals surface area contributed by atoms with Gasteiger partial charge in [0, 0.05) is 24.2 Å². The van der Waals surface area contributed by atoms with Crippen molar-refractivity contribution < 1.29 is 22.7 Å². The predicted octanol–water partition coefficient (Wildman–Crippen LogP) is 1.63. The van der Waals surface area contributed by atoms with E-state index >= 15 is 0 Å². The van der Waals surface area contributed by atoms with E-state index in [1.165, 1.54) is 23.5 Å². The summed E-state index contributed by atoms with van der Waals surface area (Å²) in [7, 11) is -2.35. The van der Waals surface area contributed by atoms with Crippen LogP contribution in [0, 0.1) is 0 Å². The van der Waals surface area contributed by atoms with Crippen LogP contribution in [-0.4, -0.2) is 57.6 Å². The van der Waals surface area contributed by atoms with E-state index in [-0.39, 0.29) is 40.7 Å². The number of carbonyl (C=O) groups excluding carboxylic acids is 1. The van der Waals surface area contributed by atoms with Crippen LogP contribution in [0.25, 0.3) is 0 Å². The fourth-order valence-electron chi connectivity index (χ4n) is 2.41. The zero-order chi connectivity index (χ0) is 18.7. The zero-order valence-electron chi connectivity index (χ0n) is 15.2. The molecule has 1 aliphatic heterocycles. The molecule has 25 heavy (non-hydrogen) atoms. The highest BCUT2D eigenvalue weighted by Gasteiger charge is 2.30. The van der Waals surface area contributed by atoms with Crippen LogP contribution in [0.3, 0.4) is 0 Å². The molecule has 140 valence electrons. The number of morpholine rings is 1. The highest BCUT2D eigenvalue weighted by molar-refractivity contribution is 7.89. The van der Waals surface area contributed by atoms with Crippen molar-refractivity contribution in [3.63, 3.8) is 0 Å². The third kappa shape index (κ3) is 4.50. The maximum Gasteiger partial charge on any atom is 0.251 e. The Hall–Kier alpha value is -1.64. The lowest BCUT2D eigenvalue weighted by atomic mass is 10.0. The highest BCUT2D eigenvalue weighted by Crippen LogP contribution is 2.28. The average Bonchev–Trinajstić information content (AvgIpc) is 2.61. The molecule has 8 heteroatoms. The Morgan fingerprint density at radius 3 is 2.52 bits per heavy atom. The molecule has 0 aliphatic carbocycles. The molecule has 1 saturated heterocycles. The Morgan fingerprint density at radius 2 is 1.96 bits per heavy atom. The molecule has 2 rings (SSSR count). The number of nitrogens with one attached hydrogen (secondary N) is 1. The van der Waals surface area contributed by atoms with Gasteiger partial charge in [0.1, 0.15) is 10.6 Å². The summed E-state index contributed by atoms with van der Waals surface area (Å²) in [5.41, 5.74) is -0.0885. The first-order chi connectivity index (χ1) is 11.7. The molecule has 0 spiro atoms. The van der Waals surface area contributed by atoms with Gasteiger partial charge in [0.15, 0.2) is 0 Å². The van der Waals surface area contributed by atoms with E-state index in [4.69, 9.17) is 9.47 Å². The second-order valence-electron chi connectivity index (χ2n) is 6.57. The molecule has 0 unspecified atom stereocenters. The number of amides is 1. The van der Waals surface area contributed by atoms with Crippen molar-refractivity contribution in [1.29, 1.82) is 0 Å². The molecule has 0 bridgehead atoms. The van der Waals surface area contributed by atoms with Crippen molar-refractivity contribution in [1.82, 2.24) is 9.62 Å². The number of hydrogen-bond acceptors (Lipinski definition) is 5. The minimum absolute atomic E-state index is 0.00106. The number of benzene rings is 1. The third-order valence-electron chi connectivity index (χ3n) is 4.35. The molecule has 0 aromatic heterocycles. The topological polar surface area (TPSA) is 84.9 Å². The van der Waals surface area contributed by atoms with Gasteiger partial charge in [-0.15, -0.1) is 0 Å². The lowest BCUT2D eigenvalue weighted by Gasteiger charge is -2.27. The molecule has 1 N–H and O–H groups in total. The van der Waals surface area contributed by atoms with Gasteiger partial charge in [-0.1, -0.05) is 6.92 Å². The Labute approximate surface area is 149 Å². The number of sulfonamides is 1. The van der Waals surface area contributed by atoms with Crippen LogP contribution in [-0.2, 0) is 14.8 Å². The molecule has 1 aromatic carbocycles. The summed E-state index contributed by atoms with van der Waals surface area (Å²) >= 11 is 0.